The maximum atomic E-state index is 12.9. The number of benzene rings is 1. The van der Waals surface area contributed by atoms with Gasteiger partial charge in [0.1, 0.15) is 11.8 Å². The number of aromatic nitrogens is 2. The molecule has 1 aliphatic carbocycles. The molecule has 1 saturated heterocycles. The van der Waals surface area contributed by atoms with Gasteiger partial charge in [-0.3, -0.25) is 9.69 Å². The first kappa shape index (κ1) is 21.5. The van der Waals surface area contributed by atoms with Gasteiger partial charge in [-0.15, -0.1) is 0 Å². The van der Waals surface area contributed by atoms with Crippen LogP contribution in [-0.4, -0.2) is 59.8 Å². The molecule has 2 unspecified atom stereocenters. The molecule has 0 bridgehead atoms. The number of nitrogens with zero attached hydrogens (tertiary/aromatic N) is 4. The van der Waals surface area contributed by atoms with Crippen LogP contribution in [0.5, 0.6) is 5.75 Å². The third kappa shape index (κ3) is 3.66. The Kier molecular flexibility index (Phi) is 5.36. The third-order valence-electron chi connectivity index (χ3n) is 6.77. The summed E-state index contributed by atoms with van der Waals surface area (Å²) >= 11 is 0. The van der Waals surface area contributed by atoms with Gasteiger partial charge in [-0.1, -0.05) is 0 Å². The van der Waals surface area contributed by atoms with Gasteiger partial charge in [0.2, 0.25) is 11.3 Å². The van der Waals surface area contributed by atoms with E-state index in [1.54, 1.807) is 25.6 Å². The Morgan fingerprint density at radius 2 is 2.09 bits per heavy atom. The van der Waals surface area contributed by atoms with Crippen molar-refractivity contribution in [1.29, 1.82) is 0 Å². The number of fused-ring (bicyclic) bond motifs is 1. The smallest absolute Gasteiger partial charge is 0.341 e. The normalized spacial score (nSPS) is 19.4. The van der Waals surface area contributed by atoms with Crippen molar-refractivity contribution in [2.75, 3.05) is 39.2 Å². The van der Waals surface area contributed by atoms with Gasteiger partial charge in [0.25, 0.3) is 0 Å². The van der Waals surface area contributed by atoms with Crippen molar-refractivity contribution in [3.05, 3.63) is 52.5 Å². The molecule has 5 rings (SSSR count). The molecule has 2 aromatic heterocycles. The van der Waals surface area contributed by atoms with Crippen molar-refractivity contribution in [2.24, 2.45) is 5.92 Å². The Hall–Kier alpha value is -3.33. The number of hydrogen-bond donors (Lipinski definition) is 1. The van der Waals surface area contributed by atoms with Gasteiger partial charge in [0, 0.05) is 31.2 Å². The highest BCUT2D eigenvalue weighted by Gasteiger charge is 2.36. The standard InChI is InChI=1S/C24H28N4O5/c1-26(2)19(23-25-9-11-33-23)14-8-10-27(12-14)18-7-6-16-20(22(18)32-3)28(15-4-5-15)13-17(21(16)29)24(30)31/h6-7,9,11,13-15,19H,4-5,8,10,12H2,1-3H3,(H,30,31). The van der Waals surface area contributed by atoms with Gasteiger partial charge < -0.3 is 23.7 Å². The molecule has 33 heavy (non-hydrogen) atoms. The largest absolute Gasteiger partial charge is 0.492 e. The second-order valence-electron chi connectivity index (χ2n) is 9.10. The molecule has 1 saturated carbocycles. The first-order valence-corrected chi connectivity index (χ1v) is 11.2. The molecule has 0 radical (unpaired) electrons. The molecule has 1 aliphatic heterocycles. The number of carbonyl (C=O) groups is 1. The predicted molar refractivity (Wildman–Crippen MR) is 123 cm³/mol. The molecule has 1 aromatic carbocycles. The Labute approximate surface area is 191 Å². The maximum Gasteiger partial charge on any atom is 0.341 e. The minimum Gasteiger partial charge on any atom is -0.492 e. The predicted octanol–water partition coefficient (Wildman–Crippen LogP) is 3.16. The van der Waals surface area contributed by atoms with E-state index < -0.39 is 11.4 Å². The van der Waals surface area contributed by atoms with Crippen molar-refractivity contribution >= 4 is 22.6 Å². The summed E-state index contributed by atoms with van der Waals surface area (Å²) < 4.78 is 13.4. The van der Waals surface area contributed by atoms with Gasteiger partial charge >= 0.3 is 5.97 Å². The van der Waals surface area contributed by atoms with Gasteiger partial charge in [-0.25, -0.2) is 9.78 Å². The highest BCUT2D eigenvalue weighted by molar-refractivity contribution is 5.97. The van der Waals surface area contributed by atoms with Crippen LogP contribution in [0.1, 0.15) is 47.6 Å². The van der Waals surface area contributed by atoms with Crippen LogP contribution in [0.2, 0.25) is 0 Å². The Morgan fingerprint density at radius 3 is 2.70 bits per heavy atom. The van der Waals surface area contributed by atoms with E-state index in [-0.39, 0.29) is 17.6 Å². The Balaban J connectivity index is 1.57. The summed E-state index contributed by atoms with van der Waals surface area (Å²) in [5.41, 5.74) is 0.905. The van der Waals surface area contributed by atoms with Gasteiger partial charge in [0.15, 0.2) is 5.75 Å². The number of anilines is 1. The van der Waals surface area contributed by atoms with Crippen molar-refractivity contribution < 1.29 is 19.1 Å². The van der Waals surface area contributed by atoms with Gasteiger partial charge in [-0.05, 0) is 45.5 Å². The van der Waals surface area contributed by atoms with E-state index in [4.69, 9.17) is 9.15 Å². The zero-order chi connectivity index (χ0) is 23.3. The van der Waals surface area contributed by atoms with Crippen LogP contribution in [0.15, 0.2) is 40.0 Å². The van der Waals surface area contributed by atoms with Crippen LogP contribution < -0.4 is 15.1 Å². The fraction of sp³-hybridized carbons (Fsp3) is 0.458. The summed E-state index contributed by atoms with van der Waals surface area (Å²) in [6.45, 7) is 1.62. The summed E-state index contributed by atoms with van der Waals surface area (Å²) in [6, 6.07) is 3.86. The molecule has 2 aliphatic rings. The monoisotopic (exact) mass is 452 g/mol. The Morgan fingerprint density at radius 1 is 1.30 bits per heavy atom. The van der Waals surface area contributed by atoms with Crippen LogP contribution in [0.4, 0.5) is 5.69 Å². The van der Waals surface area contributed by atoms with E-state index in [1.807, 2.05) is 24.7 Å². The van der Waals surface area contributed by atoms with E-state index in [9.17, 15) is 14.7 Å². The Bertz CT molecular complexity index is 1250. The second kappa shape index (κ2) is 8.22. The molecule has 0 spiro atoms. The van der Waals surface area contributed by atoms with E-state index in [2.05, 4.69) is 14.8 Å². The number of oxazole rings is 1. The average molecular weight is 453 g/mol. The average Bonchev–Trinajstić information content (AvgIpc) is 3.28. The minimum atomic E-state index is -1.21. The molecule has 2 atom stereocenters. The number of methoxy groups -OCH3 is 1. The SMILES string of the molecule is COc1c(N2CCC(C(c3ncco3)N(C)C)C2)ccc2c(=O)c(C(=O)O)cn(C3CC3)c12. The van der Waals surface area contributed by atoms with Crippen LogP contribution >= 0.6 is 0 Å². The second-order valence-corrected chi connectivity index (χ2v) is 9.10. The molecule has 174 valence electrons. The molecule has 3 aromatic rings. The van der Waals surface area contributed by atoms with Crippen molar-refractivity contribution in [3.63, 3.8) is 0 Å². The fourth-order valence-electron chi connectivity index (χ4n) is 5.14. The highest BCUT2D eigenvalue weighted by Crippen LogP contribution is 2.44. The van der Waals surface area contributed by atoms with Crippen molar-refractivity contribution in [3.8, 4) is 5.75 Å². The lowest BCUT2D eigenvalue weighted by Gasteiger charge is -2.28. The minimum absolute atomic E-state index is 0.0548. The van der Waals surface area contributed by atoms with E-state index in [1.165, 1.54) is 6.20 Å². The summed E-state index contributed by atoms with van der Waals surface area (Å²) in [6.07, 6.45) is 7.63. The van der Waals surface area contributed by atoms with Gasteiger partial charge in [-0.2, -0.15) is 0 Å². The zero-order valence-electron chi connectivity index (χ0n) is 19.0. The number of hydrogen-bond acceptors (Lipinski definition) is 7. The number of carboxylic acid groups (broad SMARTS) is 1. The molecule has 2 fully saturated rings. The molecular formula is C24H28N4O5. The zero-order valence-corrected chi connectivity index (χ0v) is 19.0. The van der Waals surface area contributed by atoms with Crippen molar-refractivity contribution in [2.45, 2.75) is 31.3 Å². The van der Waals surface area contributed by atoms with Crippen LogP contribution in [0.25, 0.3) is 10.9 Å². The number of pyridine rings is 1. The molecule has 9 heteroatoms. The van der Waals surface area contributed by atoms with E-state index in [0.29, 0.717) is 28.5 Å². The maximum absolute atomic E-state index is 12.9. The molecule has 9 nitrogen and oxygen atoms in total. The molecule has 1 N–H and O–H groups in total. The van der Waals surface area contributed by atoms with E-state index >= 15 is 0 Å². The number of ether oxygens (including phenoxy) is 1. The fourth-order valence-corrected chi connectivity index (χ4v) is 5.14. The number of carboxylic acids is 1. The summed E-state index contributed by atoms with van der Waals surface area (Å²) in [5, 5.41) is 9.92. The number of rotatable bonds is 7. The third-order valence-corrected chi connectivity index (χ3v) is 6.77. The summed E-state index contributed by atoms with van der Waals surface area (Å²) in [7, 11) is 5.67. The van der Waals surface area contributed by atoms with Crippen LogP contribution in [-0.2, 0) is 0 Å². The van der Waals surface area contributed by atoms with Crippen molar-refractivity contribution in [1.82, 2.24) is 14.5 Å². The van der Waals surface area contributed by atoms with Crippen LogP contribution in [0.3, 0.4) is 0 Å². The number of aromatic carboxylic acids is 1. The lowest BCUT2D eigenvalue weighted by atomic mass is 9.98. The summed E-state index contributed by atoms with van der Waals surface area (Å²) in [4.78, 5) is 33.4. The first-order chi connectivity index (χ1) is 15.9. The summed E-state index contributed by atoms with van der Waals surface area (Å²) in [5.74, 6) is 0.426. The highest BCUT2D eigenvalue weighted by atomic mass is 16.5. The quantitative estimate of drug-likeness (QED) is 0.583. The first-order valence-electron chi connectivity index (χ1n) is 11.2. The lowest BCUT2D eigenvalue weighted by Crippen LogP contribution is -2.30. The molecule has 0 amide bonds. The van der Waals surface area contributed by atoms with Gasteiger partial charge in [0.05, 0.1) is 35.9 Å². The van der Waals surface area contributed by atoms with Crippen LogP contribution in [0, 0.1) is 5.92 Å². The molecular weight excluding hydrogens is 424 g/mol. The topological polar surface area (TPSA) is 101 Å². The lowest BCUT2D eigenvalue weighted by molar-refractivity contribution is 0.0695. The molecule has 3 heterocycles. The van der Waals surface area contributed by atoms with E-state index in [0.717, 1.165) is 38.0 Å².